The van der Waals surface area contributed by atoms with Crippen LogP contribution in [0.2, 0.25) is 0 Å². The minimum atomic E-state index is -0.0456. The molecule has 3 rings (SSSR count). The highest BCUT2D eigenvalue weighted by atomic mass is 32.1. The molecule has 0 aliphatic rings. The first-order valence-electron chi connectivity index (χ1n) is 7.88. The van der Waals surface area contributed by atoms with Crippen molar-refractivity contribution in [1.29, 1.82) is 0 Å². The number of carbonyl (C=O) groups is 1. The molecule has 0 atom stereocenters. The Morgan fingerprint density at radius 1 is 1.17 bits per heavy atom. The summed E-state index contributed by atoms with van der Waals surface area (Å²) in [6.07, 6.45) is 0. The quantitative estimate of drug-likeness (QED) is 0.771. The molecule has 0 aliphatic heterocycles. The van der Waals surface area contributed by atoms with Crippen LogP contribution in [0.25, 0.3) is 10.2 Å². The smallest absolute Gasteiger partial charge is 0.243 e. The predicted molar refractivity (Wildman–Crippen MR) is 102 cm³/mol. The first-order chi connectivity index (χ1) is 11.4. The average Bonchev–Trinajstić information content (AvgIpc) is 2.97. The minimum absolute atomic E-state index is 0.0456. The van der Waals surface area contributed by atoms with Gasteiger partial charge < -0.3 is 10.2 Å². The molecule has 4 nitrogen and oxygen atoms in total. The summed E-state index contributed by atoms with van der Waals surface area (Å²) < 4.78 is 1.19. The number of hydrogen-bond acceptors (Lipinski definition) is 4. The molecular weight excluding hydrogens is 318 g/mol. The topological polar surface area (TPSA) is 45.2 Å². The van der Waals surface area contributed by atoms with Gasteiger partial charge in [-0.3, -0.25) is 4.79 Å². The van der Waals surface area contributed by atoms with Gasteiger partial charge in [0, 0.05) is 12.7 Å². The van der Waals surface area contributed by atoms with Crippen molar-refractivity contribution in [2.45, 2.75) is 20.8 Å². The van der Waals surface area contributed by atoms with Crippen LogP contribution >= 0.6 is 11.3 Å². The van der Waals surface area contributed by atoms with E-state index in [-0.39, 0.29) is 12.5 Å². The Bertz CT molecular complexity index is 862. The fourth-order valence-electron chi connectivity index (χ4n) is 2.62. The van der Waals surface area contributed by atoms with Crippen molar-refractivity contribution in [3.8, 4) is 0 Å². The highest BCUT2D eigenvalue weighted by molar-refractivity contribution is 7.22. The third-order valence-corrected chi connectivity index (χ3v) is 5.25. The zero-order chi connectivity index (χ0) is 17.3. The first-order valence-corrected chi connectivity index (χ1v) is 8.70. The molecule has 0 fully saturated rings. The molecule has 0 saturated carbocycles. The van der Waals surface area contributed by atoms with E-state index in [1.807, 2.05) is 43.1 Å². The molecular formula is C19H21N3OS. The Hall–Kier alpha value is -2.40. The number of amides is 1. The van der Waals surface area contributed by atoms with E-state index in [2.05, 4.69) is 31.3 Å². The molecule has 3 aromatic rings. The van der Waals surface area contributed by atoms with Crippen LogP contribution in [0.4, 0.5) is 10.8 Å². The molecule has 0 spiro atoms. The second kappa shape index (κ2) is 6.61. The van der Waals surface area contributed by atoms with E-state index >= 15 is 0 Å². The fraction of sp³-hybridized carbons (Fsp3) is 0.263. The lowest BCUT2D eigenvalue weighted by molar-refractivity contribution is -0.114. The number of hydrogen-bond donors (Lipinski definition) is 1. The molecule has 24 heavy (non-hydrogen) atoms. The van der Waals surface area contributed by atoms with Crippen molar-refractivity contribution in [3.63, 3.8) is 0 Å². The monoisotopic (exact) mass is 339 g/mol. The maximum absolute atomic E-state index is 12.3. The number of nitrogens with one attached hydrogen (secondary N) is 1. The van der Waals surface area contributed by atoms with Crippen molar-refractivity contribution >= 4 is 38.3 Å². The van der Waals surface area contributed by atoms with Gasteiger partial charge in [-0.2, -0.15) is 0 Å². The maximum atomic E-state index is 12.3. The molecule has 0 unspecified atom stereocenters. The van der Waals surface area contributed by atoms with E-state index in [9.17, 15) is 4.79 Å². The number of thiazole rings is 1. The lowest BCUT2D eigenvalue weighted by Crippen LogP contribution is -2.29. The lowest BCUT2D eigenvalue weighted by Gasteiger charge is -2.15. The Labute approximate surface area is 146 Å². The summed E-state index contributed by atoms with van der Waals surface area (Å²) >= 11 is 1.63. The van der Waals surface area contributed by atoms with Gasteiger partial charge in [-0.05, 0) is 49.6 Å². The van der Waals surface area contributed by atoms with Crippen LogP contribution in [-0.2, 0) is 4.79 Å². The van der Waals surface area contributed by atoms with Crippen LogP contribution in [0.3, 0.4) is 0 Å². The molecule has 0 radical (unpaired) electrons. The second-order valence-electron chi connectivity index (χ2n) is 6.15. The molecule has 1 aromatic heterocycles. The van der Waals surface area contributed by atoms with Crippen molar-refractivity contribution < 1.29 is 4.79 Å². The number of aryl methyl sites for hydroxylation is 3. The van der Waals surface area contributed by atoms with Gasteiger partial charge in [-0.15, -0.1) is 0 Å². The van der Waals surface area contributed by atoms with Crippen molar-refractivity contribution in [3.05, 3.63) is 53.1 Å². The van der Waals surface area contributed by atoms with Gasteiger partial charge in [0.05, 0.1) is 16.8 Å². The molecule has 5 heteroatoms. The molecule has 124 valence electrons. The Morgan fingerprint density at radius 3 is 2.62 bits per heavy atom. The molecule has 1 amide bonds. The summed E-state index contributed by atoms with van der Waals surface area (Å²) in [5, 5.41) is 3.80. The number of likely N-dealkylation sites (N-methyl/N-ethyl adjacent to an activating group) is 1. The number of aromatic nitrogens is 1. The number of benzene rings is 2. The Morgan fingerprint density at radius 2 is 1.92 bits per heavy atom. The summed E-state index contributed by atoms with van der Waals surface area (Å²) in [6, 6.07) is 12.0. The van der Waals surface area contributed by atoms with Crippen molar-refractivity contribution in [2.75, 3.05) is 23.8 Å². The Balaban J connectivity index is 1.75. The van der Waals surface area contributed by atoms with E-state index in [4.69, 9.17) is 4.98 Å². The summed E-state index contributed by atoms with van der Waals surface area (Å²) in [6.45, 7) is 6.43. The zero-order valence-electron chi connectivity index (χ0n) is 14.4. The van der Waals surface area contributed by atoms with Gasteiger partial charge in [0.15, 0.2) is 5.13 Å². The fourth-order valence-corrected chi connectivity index (χ4v) is 3.69. The van der Waals surface area contributed by atoms with Gasteiger partial charge in [0.2, 0.25) is 5.91 Å². The zero-order valence-corrected chi connectivity index (χ0v) is 15.2. The lowest BCUT2D eigenvalue weighted by atomic mass is 10.1. The molecule has 2 aromatic carbocycles. The summed E-state index contributed by atoms with van der Waals surface area (Å²) in [4.78, 5) is 18.9. The van der Waals surface area contributed by atoms with Gasteiger partial charge >= 0.3 is 0 Å². The SMILES string of the molecule is Cc1cccc(NC(=O)CN(C)c2nc3c(C)ccc(C)c3s2)c1. The summed E-state index contributed by atoms with van der Waals surface area (Å²) in [5.41, 5.74) is 5.36. The molecule has 1 N–H and O–H groups in total. The van der Waals surface area contributed by atoms with Gasteiger partial charge in [0.1, 0.15) is 0 Å². The molecule has 0 saturated heterocycles. The van der Waals surface area contributed by atoms with Crippen LogP contribution < -0.4 is 10.2 Å². The van der Waals surface area contributed by atoms with E-state index in [1.165, 1.54) is 10.3 Å². The van der Waals surface area contributed by atoms with Crippen LogP contribution in [0.5, 0.6) is 0 Å². The number of anilines is 2. The van der Waals surface area contributed by atoms with Crippen LogP contribution in [0.15, 0.2) is 36.4 Å². The number of rotatable bonds is 4. The minimum Gasteiger partial charge on any atom is -0.342 e. The maximum Gasteiger partial charge on any atom is 0.243 e. The summed E-state index contributed by atoms with van der Waals surface area (Å²) in [7, 11) is 1.90. The standard InChI is InChI=1S/C19H21N3OS/c1-12-6-5-7-15(10-12)20-16(23)11-22(4)19-21-17-13(2)8-9-14(3)18(17)24-19/h5-10H,11H2,1-4H3,(H,20,23). The van der Waals surface area contributed by atoms with E-state index < -0.39 is 0 Å². The molecule has 1 heterocycles. The van der Waals surface area contributed by atoms with Gasteiger partial charge in [-0.1, -0.05) is 35.6 Å². The van der Waals surface area contributed by atoms with Crippen LogP contribution in [0, 0.1) is 20.8 Å². The Kier molecular flexibility index (Phi) is 4.53. The molecule has 0 bridgehead atoms. The third kappa shape index (κ3) is 3.41. The highest BCUT2D eigenvalue weighted by Crippen LogP contribution is 2.32. The normalized spacial score (nSPS) is 10.8. The largest absolute Gasteiger partial charge is 0.342 e. The average molecular weight is 339 g/mol. The first kappa shape index (κ1) is 16.5. The van der Waals surface area contributed by atoms with E-state index in [0.29, 0.717) is 0 Å². The van der Waals surface area contributed by atoms with Crippen LogP contribution in [0.1, 0.15) is 16.7 Å². The van der Waals surface area contributed by atoms with E-state index in [0.717, 1.165) is 27.5 Å². The predicted octanol–water partition coefficient (Wildman–Crippen LogP) is 4.30. The summed E-state index contributed by atoms with van der Waals surface area (Å²) in [5.74, 6) is -0.0456. The second-order valence-corrected chi connectivity index (χ2v) is 7.12. The van der Waals surface area contributed by atoms with Gasteiger partial charge in [-0.25, -0.2) is 4.98 Å². The third-order valence-electron chi connectivity index (χ3n) is 3.94. The number of carbonyl (C=O) groups excluding carboxylic acids is 1. The van der Waals surface area contributed by atoms with E-state index in [1.54, 1.807) is 11.3 Å². The number of nitrogens with zero attached hydrogens (tertiary/aromatic N) is 2. The van der Waals surface area contributed by atoms with Crippen molar-refractivity contribution in [2.24, 2.45) is 0 Å². The van der Waals surface area contributed by atoms with Crippen molar-refractivity contribution in [1.82, 2.24) is 4.98 Å². The number of fused-ring (bicyclic) bond motifs is 1. The molecule has 0 aliphatic carbocycles. The van der Waals surface area contributed by atoms with Gasteiger partial charge in [0.25, 0.3) is 0 Å². The highest BCUT2D eigenvalue weighted by Gasteiger charge is 2.14. The van der Waals surface area contributed by atoms with Crippen LogP contribution in [-0.4, -0.2) is 24.5 Å².